The number of fused-ring (bicyclic) bond motifs is 16. The van der Waals surface area contributed by atoms with Crippen molar-refractivity contribution in [3.8, 4) is 66.8 Å². The van der Waals surface area contributed by atoms with Crippen LogP contribution in [0.2, 0.25) is 0 Å². The Balaban J connectivity index is 0.949. The number of hydrogen-bond acceptors (Lipinski definition) is 2. The normalized spacial score (nSPS) is 13.9. The summed E-state index contributed by atoms with van der Waals surface area (Å²) in [6.45, 7) is 4.74. The zero-order valence-electron chi connectivity index (χ0n) is 40.0. The van der Waals surface area contributed by atoms with E-state index in [2.05, 4.69) is 255 Å². The third-order valence-electron chi connectivity index (χ3n) is 16.3. The fourth-order valence-corrected chi connectivity index (χ4v) is 13.1. The monoisotopic (exact) mass is 917 g/mol. The van der Waals surface area contributed by atoms with E-state index >= 15 is 0 Å². The third-order valence-corrected chi connectivity index (χ3v) is 16.3. The van der Waals surface area contributed by atoms with Gasteiger partial charge >= 0.3 is 0 Å². The topological polar surface area (TPSA) is 16.4 Å². The smallest absolute Gasteiger partial charge is 0.136 e. The molecular weight excluding hydrogens is 871 g/mol. The van der Waals surface area contributed by atoms with Gasteiger partial charge in [-0.25, -0.2) is 0 Å². The minimum atomic E-state index is -0.438. The van der Waals surface area contributed by atoms with Crippen LogP contribution in [0.1, 0.15) is 47.2 Å². The number of anilines is 3. The molecule has 12 aromatic rings. The minimum Gasteiger partial charge on any atom is -0.456 e. The predicted octanol–water partition coefficient (Wildman–Crippen LogP) is 18.7. The summed E-state index contributed by atoms with van der Waals surface area (Å²) in [5, 5.41) is 2.27. The van der Waals surface area contributed by atoms with Crippen molar-refractivity contribution in [2.75, 3.05) is 4.90 Å². The van der Waals surface area contributed by atoms with Gasteiger partial charge in [-0.1, -0.05) is 202 Å². The zero-order valence-corrected chi connectivity index (χ0v) is 40.0. The molecule has 0 amide bonds. The van der Waals surface area contributed by atoms with Crippen molar-refractivity contribution >= 4 is 39.0 Å². The van der Waals surface area contributed by atoms with Crippen LogP contribution < -0.4 is 4.90 Å². The summed E-state index contributed by atoms with van der Waals surface area (Å²) in [5.74, 6) is 0. The second kappa shape index (κ2) is 15.3. The molecule has 0 aliphatic heterocycles. The summed E-state index contributed by atoms with van der Waals surface area (Å²) in [7, 11) is 0. The van der Waals surface area contributed by atoms with Gasteiger partial charge in [0.25, 0.3) is 0 Å². The largest absolute Gasteiger partial charge is 0.456 e. The highest BCUT2D eigenvalue weighted by molar-refractivity contribution is 6.06. The molecule has 0 N–H and O–H groups in total. The Hall–Kier alpha value is -8.98. The molecule has 0 saturated heterocycles. The lowest BCUT2D eigenvalue weighted by atomic mass is 9.70. The molecule has 72 heavy (non-hydrogen) atoms. The molecule has 3 aliphatic carbocycles. The van der Waals surface area contributed by atoms with Crippen LogP contribution in [0.4, 0.5) is 17.1 Å². The van der Waals surface area contributed by atoms with Gasteiger partial charge in [-0.05, 0) is 161 Å². The number of benzene rings is 11. The summed E-state index contributed by atoms with van der Waals surface area (Å²) in [6, 6.07) is 92.5. The van der Waals surface area contributed by atoms with Crippen molar-refractivity contribution in [1.29, 1.82) is 0 Å². The maximum atomic E-state index is 6.36. The average Bonchev–Trinajstić information content (AvgIpc) is 4.13. The molecule has 3 aliphatic rings. The van der Waals surface area contributed by atoms with Crippen LogP contribution in [0, 0.1) is 0 Å². The van der Waals surface area contributed by atoms with Gasteiger partial charge in [0.1, 0.15) is 11.2 Å². The Labute approximate surface area is 419 Å². The summed E-state index contributed by atoms with van der Waals surface area (Å²) in [6.07, 6.45) is 0. The Bertz CT molecular complexity index is 4150. The van der Waals surface area contributed by atoms with Crippen LogP contribution >= 0.6 is 0 Å². The van der Waals surface area contributed by atoms with Crippen LogP contribution in [0.5, 0.6) is 0 Å². The molecule has 1 heterocycles. The lowest BCUT2D eigenvalue weighted by molar-refractivity contribution is 0.660. The van der Waals surface area contributed by atoms with E-state index in [4.69, 9.17) is 4.42 Å². The van der Waals surface area contributed by atoms with Crippen molar-refractivity contribution in [2.45, 2.75) is 24.7 Å². The van der Waals surface area contributed by atoms with E-state index in [1.807, 2.05) is 12.1 Å². The van der Waals surface area contributed by atoms with Gasteiger partial charge in [0.2, 0.25) is 0 Å². The van der Waals surface area contributed by atoms with Gasteiger partial charge in [0, 0.05) is 33.2 Å². The van der Waals surface area contributed by atoms with Gasteiger partial charge < -0.3 is 9.32 Å². The molecule has 338 valence electrons. The molecular formula is C70H47NO. The highest BCUT2D eigenvalue weighted by Gasteiger charge is 2.52. The first kappa shape index (κ1) is 40.9. The van der Waals surface area contributed by atoms with Crippen LogP contribution in [0.25, 0.3) is 88.7 Å². The van der Waals surface area contributed by atoms with Crippen molar-refractivity contribution in [3.63, 3.8) is 0 Å². The maximum Gasteiger partial charge on any atom is 0.136 e. The molecule has 0 saturated carbocycles. The number of rotatable bonds is 6. The molecule has 0 bridgehead atoms. The Morgan fingerprint density at radius 2 is 0.819 bits per heavy atom. The lowest BCUT2D eigenvalue weighted by Gasteiger charge is -2.30. The minimum absolute atomic E-state index is 0.171. The third kappa shape index (κ3) is 5.72. The van der Waals surface area contributed by atoms with E-state index in [1.54, 1.807) is 0 Å². The molecule has 2 nitrogen and oxygen atoms in total. The van der Waals surface area contributed by atoms with E-state index in [-0.39, 0.29) is 5.41 Å². The molecule has 1 spiro atoms. The lowest BCUT2D eigenvalue weighted by Crippen LogP contribution is -2.25. The van der Waals surface area contributed by atoms with Gasteiger partial charge in [-0.3, -0.25) is 0 Å². The van der Waals surface area contributed by atoms with Gasteiger partial charge in [-0.2, -0.15) is 0 Å². The molecule has 11 aromatic carbocycles. The Morgan fingerprint density at radius 1 is 0.292 bits per heavy atom. The average molecular weight is 918 g/mol. The fourth-order valence-electron chi connectivity index (χ4n) is 13.1. The van der Waals surface area contributed by atoms with E-state index < -0.39 is 5.41 Å². The number of para-hydroxylation sites is 1. The number of hydrogen-bond donors (Lipinski definition) is 0. The predicted molar refractivity (Wildman–Crippen MR) is 299 cm³/mol. The molecule has 2 heteroatoms. The zero-order chi connectivity index (χ0) is 47.7. The van der Waals surface area contributed by atoms with Crippen molar-refractivity contribution in [3.05, 3.63) is 282 Å². The molecule has 15 rings (SSSR count). The molecule has 0 atom stereocenters. The summed E-state index contributed by atoms with van der Waals surface area (Å²) >= 11 is 0. The SMILES string of the molecule is CC1(C)c2ccccc2-c2ccc(N(c3ccc(-c4ccc5c(c4)oc4ccccc45)cc3)c3cc(-c4ccccc4)cc(-c4cccc5c4-c4ccccc4C54c5ccccc5-c5ccccc54)c3)cc21. The molecule has 0 radical (unpaired) electrons. The quantitative estimate of drug-likeness (QED) is 0.165. The highest BCUT2D eigenvalue weighted by atomic mass is 16.3. The van der Waals surface area contributed by atoms with E-state index in [9.17, 15) is 0 Å². The Kier molecular flexibility index (Phi) is 8.66. The van der Waals surface area contributed by atoms with Crippen LogP contribution in [-0.2, 0) is 10.8 Å². The van der Waals surface area contributed by atoms with E-state index in [0.29, 0.717) is 0 Å². The maximum absolute atomic E-state index is 6.36. The molecule has 0 unspecified atom stereocenters. The molecule has 1 aromatic heterocycles. The van der Waals surface area contributed by atoms with Crippen molar-refractivity contribution < 1.29 is 4.42 Å². The highest BCUT2D eigenvalue weighted by Crippen LogP contribution is 2.64. The van der Waals surface area contributed by atoms with Crippen LogP contribution in [0.3, 0.4) is 0 Å². The van der Waals surface area contributed by atoms with E-state index in [0.717, 1.165) is 55.7 Å². The second-order valence-electron chi connectivity index (χ2n) is 20.3. The first-order valence-electron chi connectivity index (χ1n) is 25.2. The second-order valence-corrected chi connectivity index (χ2v) is 20.3. The van der Waals surface area contributed by atoms with Gasteiger partial charge in [0.05, 0.1) is 5.41 Å². The van der Waals surface area contributed by atoms with Gasteiger partial charge in [-0.15, -0.1) is 0 Å². The van der Waals surface area contributed by atoms with Crippen LogP contribution in [-0.4, -0.2) is 0 Å². The molecule has 0 fully saturated rings. The summed E-state index contributed by atoms with van der Waals surface area (Å²) < 4.78 is 6.36. The van der Waals surface area contributed by atoms with Crippen molar-refractivity contribution in [1.82, 2.24) is 0 Å². The summed E-state index contributed by atoms with van der Waals surface area (Å²) in [4.78, 5) is 2.48. The van der Waals surface area contributed by atoms with Gasteiger partial charge in [0.15, 0.2) is 0 Å². The standard InChI is InChI=1S/C70H47NO/c1-69(2)60-25-11-6-19-53(60)56-38-36-50(43-65(56)69)71(49-34-31-45(32-35-49)46-33-37-58-57-22-10-15-30-66(57)72-67(58)42-46)51-40-47(44-17-4-3-5-18-44)39-48(41-51)52-24-16-29-64-68(52)59-23-9-14-28-63(59)70(64)61-26-12-7-20-54(61)55-21-8-13-27-62(55)70/h3-43H,1-2H3. The summed E-state index contributed by atoms with van der Waals surface area (Å²) in [5.41, 5.74) is 27.4. The first-order valence-corrected chi connectivity index (χ1v) is 25.2. The van der Waals surface area contributed by atoms with E-state index in [1.165, 1.54) is 83.5 Å². The van der Waals surface area contributed by atoms with Crippen LogP contribution in [0.15, 0.2) is 253 Å². The first-order chi connectivity index (χ1) is 35.4. The number of nitrogens with zero attached hydrogens (tertiary/aromatic N) is 1. The fraction of sp³-hybridized carbons (Fsp3) is 0.0571. The Morgan fingerprint density at radius 3 is 1.57 bits per heavy atom. The van der Waals surface area contributed by atoms with Crippen molar-refractivity contribution in [2.24, 2.45) is 0 Å². The number of furan rings is 1.